The van der Waals surface area contributed by atoms with Gasteiger partial charge >= 0.3 is 0 Å². The molecule has 0 fully saturated rings. The number of rotatable bonds is 5. The Morgan fingerprint density at radius 2 is 2.00 bits per heavy atom. The molecule has 1 aromatic rings. The van der Waals surface area contributed by atoms with Crippen LogP contribution in [0, 0.1) is 15.3 Å². The third-order valence-corrected chi connectivity index (χ3v) is 3.65. The summed E-state index contributed by atoms with van der Waals surface area (Å²) in [5.74, 6) is 0.542. The number of nitrogens with one attached hydrogen (secondary N) is 1. The van der Waals surface area contributed by atoms with Crippen LogP contribution in [-0.4, -0.2) is 7.05 Å². The lowest BCUT2D eigenvalue weighted by Gasteiger charge is -2.19. The van der Waals surface area contributed by atoms with Gasteiger partial charge in [0.1, 0.15) is 5.82 Å². The van der Waals surface area contributed by atoms with Crippen LogP contribution in [0.5, 0.6) is 0 Å². The molecule has 0 spiro atoms. The summed E-state index contributed by atoms with van der Waals surface area (Å²) >= 11 is 2.20. The summed E-state index contributed by atoms with van der Waals surface area (Å²) in [5, 5.41) is 3.31. The summed E-state index contributed by atoms with van der Waals surface area (Å²) in [7, 11) is 1.96. The number of hydrogen-bond acceptors (Lipinski definition) is 1. The quantitative estimate of drug-likeness (QED) is 0.798. The lowest BCUT2D eigenvalue weighted by atomic mass is 9.98. The SMILES string of the molecule is CNC(CCC(C)C)c1ccc(F)cc1I. The van der Waals surface area contributed by atoms with E-state index >= 15 is 0 Å². The van der Waals surface area contributed by atoms with Gasteiger partial charge in [-0.05, 0) is 66.1 Å². The summed E-state index contributed by atoms with van der Waals surface area (Å²) in [6, 6.07) is 5.35. The Labute approximate surface area is 111 Å². The van der Waals surface area contributed by atoms with Crippen molar-refractivity contribution in [1.82, 2.24) is 5.32 Å². The molecule has 16 heavy (non-hydrogen) atoms. The van der Waals surface area contributed by atoms with E-state index in [2.05, 4.69) is 41.8 Å². The third kappa shape index (κ3) is 4.01. The van der Waals surface area contributed by atoms with E-state index in [9.17, 15) is 4.39 Å². The highest BCUT2D eigenvalue weighted by atomic mass is 127. The normalized spacial score (nSPS) is 13.1. The lowest BCUT2D eigenvalue weighted by molar-refractivity contribution is 0.463. The fourth-order valence-corrected chi connectivity index (χ4v) is 2.59. The maximum absolute atomic E-state index is 13.0. The van der Waals surface area contributed by atoms with Crippen molar-refractivity contribution in [2.45, 2.75) is 32.7 Å². The zero-order valence-corrected chi connectivity index (χ0v) is 12.2. The van der Waals surface area contributed by atoms with E-state index in [-0.39, 0.29) is 5.82 Å². The molecule has 0 aliphatic heterocycles. The third-order valence-electron chi connectivity index (χ3n) is 2.72. The first kappa shape index (κ1) is 13.9. The van der Waals surface area contributed by atoms with Crippen LogP contribution in [0.1, 0.15) is 38.3 Å². The molecule has 0 bridgehead atoms. The van der Waals surface area contributed by atoms with Crippen LogP contribution in [0.2, 0.25) is 0 Å². The van der Waals surface area contributed by atoms with Crippen molar-refractivity contribution in [2.24, 2.45) is 5.92 Å². The minimum absolute atomic E-state index is 0.160. The first-order valence-electron chi connectivity index (χ1n) is 5.66. The Bertz CT molecular complexity index is 339. The molecule has 0 saturated carbocycles. The minimum atomic E-state index is -0.160. The van der Waals surface area contributed by atoms with Gasteiger partial charge in [0.2, 0.25) is 0 Å². The van der Waals surface area contributed by atoms with Crippen LogP contribution in [0.15, 0.2) is 18.2 Å². The van der Waals surface area contributed by atoms with Crippen LogP contribution in [0.4, 0.5) is 4.39 Å². The first-order valence-corrected chi connectivity index (χ1v) is 6.74. The fraction of sp³-hybridized carbons (Fsp3) is 0.538. The van der Waals surface area contributed by atoms with Crippen molar-refractivity contribution in [2.75, 3.05) is 7.05 Å². The fourth-order valence-electron chi connectivity index (χ4n) is 1.74. The summed E-state index contributed by atoms with van der Waals surface area (Å²) in [6.45, 7) is 4.45. The Morgan fingerprint density at radius 1 is 1.31 bits per heavy atom. The van der Waals surface area contributed by atoms with E-state index in [0.717, 1.165) is 9.99 Å². The van der Waals surface area contributed by atoms with Crippen molar-refractivity contribution in [3.8, 4) is 0 Å². The summed E-state index contributed by atoms with van der Waals surface area (Å²) in [4.78, 5) is 0. The monoisotopic (exact) mass is 335 g/mol. The van der Waals surface area contributed by atoms with Gasteiger partial charge in [-0.15, -0.1) is 0 Å². The molecule has 1 atom stereocenters. The Kier molecular flexibility index (Phi) is 5.69. The molecule has 1 unspecified atom stereocenters. The average Bonchev–Trinajstić information content (AvgIpc) is 2.21. The molecule has 0 aromatic heterocycles. The highest BCUT2D eigenvalue weighted by molar-refractivity contribution is 14.1. The average molecular weight is 335 g/mol. The van der Waals surface area contributed by atoms with Gasteiger partial charge in [0, 0.05) is 9.61 Å². The van der Waals surface area contributed by atoms with Crippen LogP contribution < -0.4 is 5.32 Å². The highest BCUT2D eigenvalue weighted by Gasteiger charge is 2.13. The molecule has 0 heterocycles. The Balaban J connectivity index is 2.78. The topological polar surface area (TPSA) is 12.0 Å². The van der Waals surface area contributed by atoms with Gasteiger partial charge in [0.15, 0.2) is 0 Å². The van der Waals surface area contributed by atoms with Crippen LogP contribution >= 0.6 is 22.6 Å². The molecule has 0 aliphatic carbocycles. The highest BCUT2D eigenvalue weighted by Crippen LogP contribution is 2.25. The van der Waals surface area contributed by atoms with Gasteiger partial charge < -0.3 is 5.32 Å². The van der Waals surface area contributed by atoms with E-state index in [1.54, 1.807) is 6.07 Å². The zero-order valence-electron chi connectivity index (χ0n) is 10.1. The van der Waals surface area contributed by atoms with Crippen molar-refractivity contribution < 1.29 is 4.39 Å². The van der Waals surface area contributed by atoms with E-state index in [1.807, 2.05) is 13.1 Å². The van der Waals surface area contributed by atoms with Crippen molar-refractivity contribution >= 4 is 22.6 Å². The van der Waals surface area contributed by atoms with Gasteiger partial charge in [-0.1, -0.05) is 19.9 Å². The van der Waals surface area contributed by atoms with Crippen molar-refractivity contribution in [1.29, 1.82) is 0 Å². The molecule has 1 aromatic carbocycles. The van der Waals surface area contributed by atoms with Crippen molar-refractivity contribution in [3.05, 3.63) is 33.1 Å². The number of halogens is 2. The van der Waals surface area contributed by atoms with E-state index in [0.29, 0.717) is 12.0 Å². The molecule has 90 valence electrons. The van der Waals surface area contributed by atoms with Crippen LogP contribution in [0.25, 0.3) is 0 Å². The van der Waals surface area contributed by atoms with E-state index in [4.69, 9.17) is 0 Å². The molecule has 3 heteroatoms. The second kappa shape index (κ2) is 6.55. The molecular weight excluding hydrogens is 316 g/mol. The van der Waals surface area contributed by atoms with Gasteiger partial charge in [0.05, 0.1) is 0 Å². The zero-order chi connectivity index (χ0) is 12.1. The smallest absolute Gasteiger partial charge is 0.124 e. The molecule has 1 nitrogen and oxygen atoms in total. The van der Waals surface area contributed by atoms with E-state index < -0.39 is 0 Å². The molecule has 0 aliphatic rings. The Morgan fingerprint density at radius 3 is 2.50 bits per heavy atom. The second-order valence-electron chi connectivity index (χ2n) is 4.48. The largest absolute Gasteiger partial charge is 0.313 e. The molecule has 0 radical (unpaired) electrons. The number of hydrogen-bond donors (Lipinski definition) is 1. The minimum Gasteiger partial charge on any atom is -0.313 e. The summed E-state index contributed by atoms with van der Waals surface area (Å²) in [5.41, 5.74) is 1.20. The standard InChI is InChI=1S/C13H19FIN/c1-9(2)4-7-13(16-3)11-6-5-10(14)8-12(11)15/h5-6,8-9,13,16H,4,7H2,1-3H3. The predicted octanol–water partition coefficient (Wildman–Crippen LogP) is 4.13. The molecule has 0 amide bonds. The van der Waals surface area contributed by atoms with Gasteiger partial charge in [-0.3, -0.25) is 0 Å². The molecule has 0 saturated heterocycles. The van der Waals surface area contributed by atoms with Crippen LogP contribution in [0.3, 0.4) is 0 Å². The molecule has 1 rings (SSSR count). The van der Waals surface area contributed by atoms with Gasteiger partial charge in [-0.25, -0.2) is 4.39 Å². The maximum Gasteiger partial charge on any atom is 0.124 e. The molecular formula is C13H19FIN. The lowest BCUT2D eigenvalue weighted by Crippen LogP contribution is -2.18. The van der Waals surface area contributed by atoms with Crippen LogP contribution in [-0.2, 0) is 0 Å². The van der Waals surface area contributed by atoms with Gasteiger partial charge in [0.25, 0.3) is 0 Å². The van der Waals surface area contributed by atoms with E-state index in [1.165, 1.54) is 18.1 Å². The Hall–Kier alpha value is -0.160. The summed E-state index contributed by atoms with van der Waals surface area (Å²) < 4.78 is 14.0. The second-order valence-corrected chi connectivity index (χ2v) is 5.64. The molecule has 1 N–H and O–H groups in total. The predicted molar refractivity (Wildman–Crippen MR) is 75.0 cm³/mol. The first-order chi connectivity index (χ1) is 7.54. The number of benzene rings is 1. The van der Waals surface area contributed by atoms with Crippen molar-refractivity contribution in [3.63, 3.8) is 0 Å². The maximum atomic E-state index is 13.0. The summed E-state index contributed by atoms with van der Waals surface area (Å²) in [6.07, 6.45) is 2.27. The van der Waals surface area contributed by atoms with Gasteiger partial charge in [-0.2, -0.15) is 0 Å².